The van der Waals surface area contributed by atoms with Gasteiger partial charge in [-0.3, -0.25) is 4.79 Å². The Kier molecular flexibility index (Phi) is 8.61. The Hall–Kier alpha value is -3.64. The van der Waals surface area contributed by atoms with Crippen molar-refractivity contribution in [3.63, 3.8) is 0 Å². The number of aliphatic carboxylic acids is 1. The Morgan fingerprint density at radius 1 is 0.909 bits per heavy atom. The molecule has 0 radical (unpaired) electrons. The number of amides is 1. The van der Waals surface area contributed by atoms with Crippen LogP contribution in [0.5, 0.6) is 5.75 Å². The highest BCUT2D eigenvalue weighted by Gasteiger charge is 2.18. The maximum atomic E-state index is 12.5. The van der Waals surface area contributed by atoms with Gasteiger partial charge in [0.05, 0.1) is 0 Å². The number of carbonyl (C=O) groups is 2. The highest BCUT2D eigenvalue weighted by Crippen LogP contribution is 2.20. The van der Waals surface area contributed by atoms with E-state index in [2.05, 4.69) is 23.5 Å². The summed E-state index contributed by atoms with van der Waals surface area (Å²) in [7, 11) is 0. The minimum atomic E-state index is -0.989. The zero-order valence-corrected chi connectivity index (χ0v) is 18.9. The maximum absolute atomic E-state index is 12.5. The van der Waals surface area contributed by atoms with Gasteiger partial charge in [-0.1, -0.05) is 60.7 Å². The number of carboxylic acid groups (broad SMARTS) is 1. The fourth-order valence-corrected chi connectivity index (χ4v) is 3.42. The molecule has 0 bridgehead atoms. The molecule has 0 saturated heterocycles. The van der Waals surface area contributed by atoms with Gasteiger partial charge in [0.25, 0.3) is 5.91 Å². The Morgan fingerprint density at radius 3 is 2.27 bits per heavy atom. The average Bonchev–Trinajstić information content (AvgIpc) is 2.84. The fourth-order valence-electron chi connectivity index (χ4n) is 3.42. The van der Waals surface area contributed by atoms with Gasteiger partial charge in [0.2, 0.25) is 0 Å². The summed E-state index contributed by atoms with van der Waals surface area (Å²) in [5.41, 5.74) is 4.05. The first-order valence-corrected chi connectivity index (χ1v) is 11.0. The van der Waals surface area contributed by atoms with Gasteiger partial charge in [-0.15, -0.1) is 0 Å². The van der Waals surface area contributed by atoms with E-state index < -0.39 is 18.2 Å². The number of hydrogen-bond donors (Lipinski definition) is 2. The summed E-state index contributed by atoms with van der Waals surface area (Å²) < 4.78 is 11.0. The van der Waals surface area contributed by atoms with Gasteiger partial charge in [0.1, 0.15) is 5.75 Å². The minimum absolute atomic E-state index is 0.216. The van der Waals surface area contributed by atoms with E-state index >= 15 is 0 Å². The van der Waals surface area contributed by atoms with Crippen molar-refractivity contribution in [1.82, 2.24) is 5.32 Å². The lowest BCUT2D eigenvalue weighted by molar-refractivity contribution is -0.150. The van der Waals surface area contributed by atoms with Crippen molar-refractivity contribution >= 4 is 11.9 Å². The molecule has 0 aliphatic heterocycles. The first-order valence-electron chi connectivity index (χ1n) is 11.0. The molecule has 6 nitrogen and oxygen atoms in total. The maximum Gasteiger partial charge on any atom is 0.333 e. The van der Waals surface area contributed by atoms with Crippen LogP contribution in [0.2, 0.25) is 0 Å². The number of ether oxygens (including phenoxy) is 2. The van der Waals surface area contributed by atoms with Crippen molar-refractivity contribution < 1.29 is 24.2 Å². The molecule has 33 heavy (non-hydrogen) atoms. The SMILES string of the molecule is CCOC(Cc1ccc(OC(C)C(=O)NCc2cccc(-c3ccccc3)c2)cc1)C(=O)O. The largest absolute Gasteiger partial charge is 0.481 e. The molecular weight excluding hydrogens is 418 g/mol. The van der Waals surface area contributed by atoms with Gasteiger partial charge in [-0.2, -0.15) is 0 Å². The molecule has 2 atom stereocenters. The second-order valence-corrected chi connectivity index (χ2v) is 7.67. The number of carboxylic acids is 1. The summed E-state index contributed by atoms with van der Waals surface area (Å²) in [6.45, 7) is 4.19. The molecule has 3 rings (SSSR count). The van der Waals surface area contributed by atoms with E-state index in [4.69, 9.17) is 9.47 Å². The molecule has 3 aromatic carbocycles. The van der Waals surface area contributed by atoms with Crippen LogP contribution in [-0.2, 0) is 27.3 Å². The third kappa shape index (κ3) is 7.19. The Balaban J connectivity index is 1.52. The van der Waals surface area contributed by atoms with E-state index in [0.717, 1.165) is 22.3 Å². The number of nitrogens with one attached hydrogen (secondary N) is 1. The van der Waals surface area contributed by atoms with E-state index in [9.17, 15) is 14.7 Å². The second-order valence-electron chi connectivity index (χ2n) is 7.67. The summed E-state index contributed by atoms with van der Waals surface area (Å²) in [6.07, 6.45) is -1.29. The molecule has 0 aliphatic carbocycles. The van der Waals surface area contributed by atoms with Crippen molar-refractivity contribution in [2.24, 2.45) is 0 Å². The smallest absolute Gasteiger partial charge is 0.333 e. The topological polar surface area (TPSA) is 84.9 Å². The normalized spacial score (nSPS) is 12.5. The average molecular weight is 448 g/mol. The van der Waals surface area contributed by atoms with Crippen molar-refractivity contribution in [2.75, 3.05) is 6.61 Å². The first kappa shape index (κ1) is 24.0. The molecule has 0 aromatic heterocycles. The van der Waals surface area contributed by atoms with Gasteiger partial charge in [0.15, 0.2) is 12.2 Å². The lowest BCUT2D eigenvalue weighted by Gasteiger charge is -2.16. The van der Waals surface area contributed by atoms with Crippen molar-refractivity contribution in [3.8, 4) is 16.9 Å². The zero-order valence-electron chi connectivity index (χ0n) is 18.9. The first-order chi connectivity index (χ1) is 16.0. The predicted octanol–water partition coefficient (Wildman–Crippen LogP) is 4.47. The standard InChI is InChI=1S/C27H29NO5/c1-3-32-25(27(30)31)17-20-12-14-24(15-13-20)33-19(2)26(29)28-18-21-8-7-11-23(16-21)22-9-5-4-6-10-22/h4-16,19,25H,3,17-18H2,1-2H3,(H,28,29)(H,30,31). The quantitative estimate of drug-likeness (QED) is 0.453. The highest BCUT2D eigenvalue weighted by molar-refractivity contribution is 5.80. The zero-order chi connectivity index (χ0) is 23.6. The van der Waals surface area contributed by atoms with Crippen LogP contribution < -0.4 is 10.1 Å². The van der Waals surface area contributed by atoms with Crippen LogP contribution in [0.25, 0.3) is 11.1 Å². The third-order valence-corrected chi connectivity index (χ3v) is 5.17. The molecule has 0 spiro atoms. The van der Waals surface area contributed by atoms with Crippen molar-refractivity contribution in [3.05, 3.63) is 90.0 Å². The van der Waals surface area contributed by atoms with Crippen molar-refractivity contribution in [2.45, 2.75) is 39.0 Å². The van der Waals surface area contributed by atoms with Crippen LogP contribution in [0.1, 0.15) is 25.0 Å². The van der Waals surface area contributed by atoms with E-state index in [1.165, 1.54) is 0 Å². The van der Waals surface area contributed by atoms with E-state index in [1.807, 2.05) is 36.4 Å². The third-order valence-electron chi connectivity index (χ3n) is 5.17. The predicted molar refractivity (Wildman–Crippen MR) is 127 cm³/mol. The summed E-state index contributed by atoms with van der Waals surface area (Å²) in [6, 6.07) is 25.2. The molecule has 1 amide bonds. The van der Waals surface area contributed by atoms with E-state index in [1.54, 1.807) is 38.1 Å². The van der Waals surface area contributed by atoms with Crippen molar-refractivity contribution in [1.29, 1.82) is 0 Å². The lowest BCUT2D eigenvalue weighted by atomic mass is 10.0. The lowest BCUT2D eigenvalue weighted by Crippen LogP contribution is -2.35. The molecule has 2 N–H and O–H groups in total. The van der Waals surface area contributed by atoms with Crippen LogP contribution in [0.3, 0.4) is 0 Å². The van der Waals surface area contributed by atoms with E-state index in [0.29, 0.717) is 18.9 Å². The Morgan fingerprint density at radius 2 is 1.61 bits per heavy atom. The van der Waals surface area contributed by atoms with Gasteiger partial charge in [0, 0.05) is 19.6 Å². The van der Waals surface area contributed by atoms with Crippen LogP contribution in [0, 0.1) is 0 Å². The van der Waals surface area contributed by atoms with Crippen LogP contribution >= 0.6 is 0 Å². The Labute approximate surface area is 194 Å². The van der Waals surface area contributed by atoms with Crippen LogP contribution in [-0.4, -0.2) is 35.8 Å². The number of carbonyl (C=O) groups excluding carboxylic acids is 1. The summed E-state index contributed by atoms with van der Waals surface area (Å²) in [5, 5.41) is 12.1. The van der Waals surface area contributed by atoms with Gasteiger partial charge in [-0.05, 0) is 54.3 Å². The van der Waals surface area contributed by atoms with Crippen LogP contribution in [0.15, 0.2) is 78.9 Å². The van der Waals surface area contributed by atoms with E-state index in [-0.39, 0.29) is 12.3 Å². The fraction of sp³-hybridized carbons (Fsp3) is 0.259. The molecular formula is C27H29NO5. The molecule has 172 valence electrons. The molecule has 0 heterocycles. The number of benzene rings is 3. The van der Waals surface area contributed by atoms with Crippen LogP contribution in [0.4, 0.5) is 0 Å². The molecule has 3 aromatic rings. The summed E-state index contributed by atoms with van der Waals surface area (Å²) in [4.78, 5) is 23.8. The molecule has 0 aliphatic rings. The Bertz CT molecular complexity index is 1050. The molecule has 6 heteroatoms. The highest BCUT2D eigenvalue weighted by atomic mass is 16.5. The molecule has 2 unspecified atom stereocenters. The minimum Gasteiger partial charge on any atom is -0.481 e. The monoisotopic (exact) mass is 447 g/mol. The molecule has 0 saturated carbocycles. The number of rotatable bonds is 11. The van der Waals surface area contributed by atoms with Gasteiger partial charge in [-0.25, -0.2) is 4.79 Å². The second kappa shape index (κ2) is 11.8. The number of hydrogen-bond acceptors (Lipinski definition) is 4. The van der Waals surface area contributed by atoms with Gasteiger partial charge >= 0.3 is 5.97 Å². The molecule has 0 fully saturated rings. The summed E-state index contributed by atoms with van der Waals surface area (Å²) >= 11 is 0. The van der Waals surface area contributed by atoms with Gasteiger partial charge < -0.3 is 19.9 Å². The summed E-state index contributed by atoms with van der Waals surface area (Å²) in [5.74, 6) is -0.668.